The molecule has 2 aliphatic rings. The Morgan fingerprint density at radius 1 is 1.16 bits per heavy atom. The predicted octanol–water partition coefficient (Wildman–Crippen LogP) is 5.01. The van der Waals surface area contributed by atoms with Crippen molar-refractivity contribution in [2.45, 2.75) is 37.8 Å². The fourth-order valence-corrected chi connectivity index (χ4v) is 5.29. The first-order chi connectivity index (χ1) is 17.9. The lowest BCUT2D eigenvalue weighted by molar-refractivity contribution is -0.0254. The lowest BCUT2D eigenvalue weighted by Gasteiger charge is -2.38. The summed E-state index contributed by atoms with van der Waals surface area (Å²) in [5.41, 5.74) is 9.54. The number of urea groups is 1. The third-order valence-corrected chi connectivity index (χ3v) is 7.53. The number of hydrogen-bond acceptors (Lipinski definition) is 5. The SMILES string of the molecule is NC(=O)NCc1cccc2c1C/C(=C/CCN1CCC(O)(c3ccc(Cl)cc3)CC1)c1cccnc1O2. The van der Waals surface area contributed by atoms with Crippen molar-refractivity contribution in [2.24, 2.45) is 5.73 Å². The zero-order chi connectivity index (χ0) is 25.8. The number of halogens is 1. The molecule has 0 unspecified atom stereocenters. The number of pyridine rings is 1. The second-order valence-corrected chi connectivity index (χ2v) is 10.1. The number of hydrogen-bond donors (Lipinski definition) is 3. The summed E-state index contributed by atoms with van der Waals surface area (Å²) in [5.74, 6) is 1.32. The standard InChI is InChI=1S/C29H31ClN4O3/c30-23-10-8-22(9-11-23)29(36)12-16-34(17-13-29)15-3-5-20-18-25-21(19-33-28(31)35)4-1-7-26(25)37-27-24(20)6-2-14-32-27/h1-2,4-11,14,36H,3,12-13,15-19H2,(H3,31,33,35)/b20-5-. The first-order valence-electron chi connectivity index (χ1n) is 12.6. The van der Waals surface area contributed by atoms with E-state index < -0.39 is 11.6 Å². The molecule has 8 heteroatoms. The van der Waals surface area contributed by atoms with Crippen molar-refractivity contribution < 1.29 is 14.6 Å². The number of amides is 2. The molecule has 7 nitrogen and oxygen atoms in total. The van der Waals surface area contributed by atoms with Gasteiger partial charge in [0.25, 0.3) is 0 Å². The minimum absolute atomic E-state index is 0.337. The number of allylic oxidation sites excluding steroid dienone is 1. The molecule has 0 bridgehead atoms. The molecule has 2 aromatic carbocycles. The molecule has 0 aliphatic carbocycles. The minimum atomic E-state index is -0.804. The molecule has 0 radical (unpaired) electrons. The van der Waals surface area contributed by atoms with Crippen molar-refractivity contribution >= 4 is 23.2 Å². The number of aliphatic hydroxyl groups is 1. The maximum atomic E-state index is 11.3. The van der Waals surface area contributed by atoms with Crippen LogP contribution in [0.1, 0.15) is 41.5 Å². The molecule has 37 heavy (non-hydrogen) atoms. The maximum Gasteiger partial charge on any atom is 0.312 e. The van der Waals surface area contributed by atoms with E-state index in [9.17, 15) is 9.90 Å². The van der Waals surface area contributed by atoms with E-state index in [-0.39, 0.29) is 0 Å². The second kappa shape index (κ2) is 10.9. The number of nitrogens with one attached hydrogen (secondary N) is 1. The highest BCUT2D eigenvalue weighted by Gasteiger charge is 2.33. The summed E-state index contributed by atoms with van der Waals surface area (Å²) in [6, 6.07) is 16.7. The first kappa shape index (κ1) is 25.3. The zero-order valence-electron chi connectivity index (χ0n) is 20.6. The Hall–Kier alpha value is -3.39. The highest BCUT2D eigenvalue weighted by molar-refractivity contribution is 6.30. The molecule has 2 aliphatic heterocycles. The van der Waals surface area contributed by atoms with Gasteiger partial charge in [0.1, 0.15) is 5.75 Å². The third-order valence-electron chi connectivity index (χ3n) is 7.27. The summed E-state index contributed by atoms with van der Waals surface area (Å²) in [6.07, 6.45) is 6.90. The molecule has 1 saturated heterocycles. The fraction of sp³-hybridized carbons (Fsp3) is 0.310. The first-order valence-corrected chi connectivity index (χ1v) is 13.0. The smallest absolute Gasteiger partial charge is 0.312 e. The van der Waals surface area contributed by atoms with Crippen LogP contribution >= 0.6 is 11.6 Å². The lowest BCUT2D eigenvalue weighted by atomic mass is 9.84. The van der Waals surface area contributed by atoms with Gasteiger partial charge in [0.15, 0.2) is 0 Å². The molecule has 0 atom stereocenters. The van der Waals surface area contributed by atoms with E-state index in [4.69, 9.17) is 22.1 Å². The van der Waals surface area contributed by atoms with E-state index in [1.165, 1.54) is 0 Å². The molecule has 192 valence electrons. The van der Waals surface area contributed by atoms with Gasteiger partial charge in [0, 0.05) is 54.9 Å². The number of fused-ring (bicyclic) bond motifs is 2. The third kappa shape index (κ3) is 5.80. The Labute approximate surface area is 221 Å². The van der Waals surface area contributed by atoms with Crippen LogP contribution in [0.3, 0.4) is 0 Å². The molecule has 0 spiro atoms. The average molecular weight is 519 g/mol. The largest absolute Gasteiger partial charge is 0.438 e. The normalized spacial score (nSPS) is 17.8. The van der Waals surface area contributed by atoms with Crippen molar-refractivity contribution in [3.05, 3.63) is 94.1 Å². The summed E-state index contributed by atoms with van der Waals surface area (Å²) >= 11 is 6.02. The number of carbonyl (C=O) groups excluding carboxylic acids is 1. The quantitative estimate of drug-likeness (QED) is 0.426. The van der Waals surface area contributed by atoms with Crippen LogP contribution in [-0.4, -0.2) is 40.7 Å². The molecule has 3 heterocycles. The topological polar surface area (TPSA) is 101 Å². The van der Waals surface area contributed by atoms with Crippen molar-refractivity contribution in [2.75, 3.05) is 19.6 Å². The van der Waals surface area contributed by atoms with Crippen LogP contribution in [-0.2, 0) is 18.6 Å². The van der Waals surface area contributed by atoms with E-state index >= 15 is 0 Å². The van der Waals surface area contributed by atoms with Crippen LogP contribution in [0.4, 0.5) is 4.79 Å². The van der Waals surface area contributed by atoms with E-state index in [1.807, 2.05) is 54.6 Å². The number of benzene rings is 2. The summed E-state index contributed by atoms with van der Waals surface area (Å²) < 4.78 is 6.21. The average Bonchev–Trinajstić information content (AvgIpc) is 3.06. The van der Waals surface area contributed by atoms with Gasteiger partial charge in [-0.25, -0.2) is 9.78 Å². The maximum absolute atomic E-state index is 11.3. The van der Waals surface area contributed by atoms with E-state index in [0.717, 1.165) is 59.6 Å². The molecule has 3 aromatic rings. The van der Waals surface area contributed by atoms with Crippen LogP contribution in [0.5, 0.6) is 11.6 Å². The van der Waals surface area contributed by atoms with Crippen molar-refractivity contribution in [3.8, 4) is 11.6 Å². The van der Waals surface area contributed by atoms with Gasteiger partial charge in [-0.1, -0.05) is 41.9 Å². The van der Waals surface area contributed by atoms with Crippen LogP contribution < -0.4 is 15.8 Å². The fourth-order valence-electron chi connectivity index (χ4n) is 5.16. The molecule has 1 fully saturated rings. The minimum Gasteiger partial charge on any atom is -0.438 e. The van der Waals surface area contributed by atoms with Crippen molar-refractivity contribution in [3.63, 3.8) is 0 Å². The Morgan fingerprint density at radius 3 is 2.70 bits per heavy atom. The van der Waals surface area contributed by atoms with Crippen LogP contribution in [0.25, 0.3) is 5.57 Å². The molecule has 5 rings (SSSR count). The van der Waals surface area contributed by atoms with E-state index in [2.05, 4.69) is 21.3 Å². The number of nitrogens with zero attached hydrogens (tertiary/aromatic N) is 2. The summed E-state index contributed by atoms with van der Waals surface area (Å²) in [5, 5.41) is 14.5. The van der Waals surface area contributed by atoms with Crippen molar-refractivity contribution in [1.29, 1.82) is 0 Å². The van der Waals surface area contributed by atoms with Gasteiger partial charge in [-0.3, -0.25) is 0 Å². The number of aromatic nitrogens is 1. The molecule has 0 saturated carbocycles. The van der Waals surface area contributed by atoms with Gasteiger partial charge in [-0.15, -0.1) is 0 Å². The Balaban J connectivity index is 1.29. The molecule has 4 N–H and O–H groups in total. The number of ether oxygens (including phenoxy) is 1. The van der Waals surface area contributed by atoms with Gasteiger partial charge >= 0.3 is 6.03 Å². The second-order valence-electron chi connectivity index (χ2n) is 9.64. The number of piperidine rings is 1. The molecular weight excluding hydrogens is 488 g/mol. The highest BCUT2D eigenvalue weighted by Crippen LogP contribution is 2.39. The van der Waals surface area contributed by atoms with Gasteiger partial charge in [0.2, 0.25) is 5.88 Å². The molecule has 2 amide bonds. The van der Waals surface area contributed by atoms with Crippen LogP contribution in [0.15, 0.2) is 66.9 Å². The molecular formula is C29H31ClN4O3. The number of primary amides is 1. The summed E-state index contributed by atoms with van der Waals surface area (Å²) in [6.45, 7) is 2.89. The summed E-state index contributed by atoms with van der Waals surface area (Å²) in [7, 11) is 0. The Kier molecular flexibility index (Phi) is 7.46. The number of nitrogens with two attached hydrogens (primary N) is 1. The van der Waals surface area contributed by atoms with Crippen molar-refractivity contribution in [1.82, 2.24) is 15.2 Å². The number of rotatable bonds is 6. The van der Waals surface area contributed by atoms with Gasteiger partial charge in [-0.05, 0) is 66.3 Å². The van der Waals surface area contributed by atoms with Gasteiger partial charge in [0.05, 0.1) is 5.60 Å². The van der Waals surface area contributed by atoms with Gasteiger partial charge < -0.3 is 25.8 Å². The zero-order valence-corrected chi connectivity index (χ0v) is 21.4. The number of carbonyl (C=O) groups is 1. The number of likely N-dealkylation sites (tertiary alicyclic amines) is 1. The van der Waals surface area contributed by atoms with Gasteiger partial charge in [-0.2, -0.15) is 0 Å². The monoisotopic (exact) mass is 518 g/mol. The Morgan fingerprint density at radius 2 is 1.95 bits per heavy atom. The van der Waals surface area contributed by atoms with Crippen LogP contribution in [0, 0.1) is 0 Å². The highest BCUT2D eigenvalue weighted by atomic mass is 35.5. The van der Waals surface area contributed by atoms with E-state index in [0.29, 0.717) is 36.7 Å². The predicted molar refractivity (Wildman–Crippen MR) is 144 cm³/mol. The Bertz CT molecular complexity index is 1300. The molecule has 1 aromatic heterocycles. The van der Waals surface area contributed by atoms with E-state index in [1.54, 1.807) is 6.20 Å². The van der Waals surface area contributed by atoms with Crippen LogP contribution in [0.2, 0.25) is 5.02 Å². The lowest BCUT2D eigenvalue weighted by Crippen LogP contribution is -2.42. The summed E-state index contributed by atoms with van der Waals surface area (Å²) in [4.78, 5) is 18.2.